The standard InChI is InChI=1S/C22H27N3O3/c1-13(2)20(25-21(27)17-10-7-6-9-14(17)3)22(28)24-19-12-8-11-18(15(19)4)23-16(5)26/h6-13,20H,1-5H3,(H,23,26)(H,24,28)(H,25,27). The molecule has 148 valence electrons. The molecule has 0 aliphatic heterocycles. The maximum Gasteiger partial charge on any atom is 0.252 e. The summed E-state index contributed by atoms with van der Waals surface area (Å²) in [5, 5.41) is 8.45. The minimum atomic E-state index is -0.698. The minimum Gasteiger partial charge on any atom is -0.340 e. The van der Waals surface area contributed by atoms with Gasteiger partial charge in [-0.3, -0.25) is 14.4 Å². The van der Waals surface area contributed by atoms with Crippen LogP contribution >= 0.6 is 0 Å². The molecule has 0 radical (unpaired) electrons. The Morgan fingerprint density at radius 2 is 1.46 bits per heavy atom. The highest BCUT2D eigenvalue weighted by Gasteiger charge is 2.25. The fourth-order valence-corrected chi connectivity index (χ4v) is 2.89. The van der Waals surface area contributed by atoms with Crippen molar-refractivity contribution >= 4 is 29.1 Å². The highest BCUT2D eigenvalue weighted by molar-refractivity contribution is 6.02. The summed E-state index contributed by atoms with van der Waals surface area (Å²) < 4.78 is 0. The molecule has 3 N–H and O–H groups in total. The van der Waals surface area contributed by atoms with E-state index < -0.39 is 6.04 Å². The number of amides is 3. The van der Waals surface area contributed by atoms with Gasteiger partial charge in [-0.2, -0.15) is 0 Å². The zero-order chi connectivity index (χ0) is 20.8. The van der Waals surface area contributed by atoms with E-state index in [2.05, 4.69) is 16.0 Å². The second kappa shape index (κ2) is 9.17. The van der Waals surface area contributed by atoms with Crippen molar-refractivity contribution in [2.24, 2.45) is 5.92 Å². The second-order valence-corrected chi connectivity index (χ2v) is 7.16. The molecule has 6 nitrogen and oxygen atoms in total. The fourth-order valence-electron chi connectivity index (χ4n) is 2.89. The Balaban J connectivity index is 2.19. The number of nitrogens with one attached hydrogen (secondary N) is 3. The molecule has 0 spiro atoms. The van der Waals surface area contributed by atoms with Gasteiger partial charge in [-0.15, -0.1) is 0 Å². The van der Waals surface area contributed by atoms with Crippen molar-refractivity contribution in [1.82, 2.24) is 5.32 Å². The molecule has 0 saturated carbocycles. The molecule has 2 rings (SSSR count). The number of hydrogen-bond acceptors (Lipinski definition) is 3. The van der Waals surface area contributed by atoms with Crippen LogP contribution in [0.15, 0.2) is 42.5 Å². The highest BCUT2D eigenvalue weighted by Crippen LogP contribution is 2.24. The van der Waals surface area contributed by atoms with Gasteiger partial charge in [0.1, 0.15) is 6.04 Å². The third-order valence-corrected chi connectivity index (χ3v) is 4.53. The minimum absolute atomic E-state index is 0.105. The summed E-state index contributed by atoms with van der Waals surface area (Å²) in [5.74, 6) is -0.875. The van der Waals surface area contributed by atoms with Gasteiger partial charge in [-0.25, -0.2) is 0 Å². The van der Waals surface area contributed by atoms with Crippen molar-refractivity contribution in [2.75, 3.05) is 10.6 Å². The van der Waals surface area contributed by atoms with Crippen LogP contribution in [0.3, 0.4) is 0 Å². The van der Waals surface area contributed by atoms with Gasteiger partial charge in [-0.05, 0) is 49.1 Å². The van der Waals surface area contributed by atoms with Crippen LogP contribution < -0.4 is 16.0 Å². The number of carbonyl (C=O) groups excluding carboxylic acids is 3. The molecule has 0 heterocycles. The van der Waals surface area contributed by atoms with Gasteiger partial charge in [0.05, 0.1) is 0 Å². The molecular weight excluding hydrogens is 354 g/mol. The molecule has 1 unspecified atom stereocenters. The molecule has 0 aliphatic rings. The molecule has 2 aromatic carbocycles. The van der Waals surface area contributed by atoms with E-state index >= 15 is 0 Å². The van der Waals surface area contributed by atoms with Gasteiger partial charge in [0, 0.05) is 23.9 Å². The van der Waals surface area contributed by atoms with E-state index in [0.717, 1.165) is 11.1 Å². The highest BCUT2D eigenvalue weighted by atomic mass is 16.2. The van der Waals surface area contributed by atoms with Gasteiger partial charge >= 0.3 is 0 Å². The number of hydrogen-bond donors (Lipinski definition) is 3. The first kappa shape index (κ1) is 21.2. The molecule has 1 atom stereocenters. The molecule has 0 aliphatic carbocycles. The molecular formula is C22H27N3O3. The maximum absolute atomic E-state index is 12.9. The number of aryl methyl sites for hydroxylation is 1. The summed E-state index contributed by atoms with van der Waals surface area (Å²) in [6, 6.07) is 11.8. The van der Waals surface area contributed by atoms with Crippen molar-refractivity contribution in [3.63, 3.8) is 0 Å². The maximum atomic E-state index is 12.9. The summed E-state index contributed by atoms with van der Waals surface area (Å²) in [6.45, 7) is 8.86. The van der Waals surface area contributed by atoms with Gasteiger partial charge in [0.15, 0.2) is 0 Å². The first-order valence-electron chi connectivity index (χ1n) is 9.25. The van der Waals surface area contributed by atoms with Crippen LogP contribution in [0.2, 0.25) is 0 Å². The molecule has 3 amide bonds. The smallest absolute Gasteiger partial charge is 0.252 e. The lowest BCUT2D eigenvalue weighted by atomic mass is 10.0. The van der Waals surface area contributed by atoms with Gasteiger partial charge < -0.3 is 16.0 Å². The van der Waals surface area contributed by atoms with E-state index in [0.29, 0.717) is 16.9 Å². The van der Waals surface area contributed by atoms with Gasteiger partial charge in [0.25, 0.3) is 5.91 Å². The zero-order valence-corrected chi connectivity index (χ0v) is 16.9. The molecule has 0 fully saturated rings. The first-order chi connectivity index (χ1) is 13.2. The first-order valence-corrected chi connectivity index (χ1v) is 9.25. The summed E-state index contributed by atoms with van der Waals surface area (Å²) >= 11 is 0. The van der Waals surface area contributed by atoms with Crippen LogP contribution in [0.1, 0.15) is 42.3 Å². The van der Waals surface area contributed by atoms with E-state index in [-0.39, 0.29) is 23.6 Å². The third-order valence-electron chi connectivity index (χ3n) is 4.53. The number of carbonyl (C=O) groups is 3. The molecule has 2 aromatic rings. The van der Waals surface area contributed by atoms with Crippen LogP contribution in [-0.2, 0) is 9.59 Å². The van der Waals surface area contributed by atoms with Crippen molar-refractivity contribution in [2.45, 2.75) is 40.7 Å². The van der Waals surface area contributed by atoms with E-state index in [1.54, 1.807) is 30.3 Å². The summed E-state index contributed by atoms with van der Waals surface area (Å²) in [4.78, 5) is 36.9. The molecule has 28 heavy (non-hydrogen) atoms. The molecule has 6 heteroatoms. The lowest BCUT2D eigenvalue weighted by molar-refractivity contribution is -0.119. The van der Waals surface area contributed by atoms with E-state index in [1.807, 2.05) is 39.8 Å². The topological polar surface area (TPSA) is 87.3 Å². The lowest BCUT2D eigenvalue weighted by Crippen LogP contribution is -2.47. The lowest BCUT2D eigenvalue weighted by Gasteiger charge is -2.23. The largest absolute Gasteiger partial charge is 0.340 e. The zero-order valence-electron chi connectivity index (χ0n) is 16.9. The quantitative estimate of drug-likeness (QED) is 0.714. The van der Waals surface area contributed by atoms with Crippen molar-refractivity contribution in [3.8, 4) is 0 Å². The molecule has 0 bridgehead atoms. The summed E-state index contributed by atoms with van der Waals surface area (Å²) in [5.41, 5.74) is 3.37. The van der Waals surface area contributed by atoms with Crippen LogP contribution in [0.5, 0.6) is 0 Å². The van der Waals surface area contributed by atoms with Crippen LogP contribution in [0, 0.1) is 19.8 Å². The predicted octanol–water partition coefficient (Wildman–Crippen LogP) is 3.65. The Morgan fingerprint density at radius 3 is 2.04 bits per heavy atom. The van der Waals surface area contributed by atoms with Crippen molar-refractivity contribution in [1.29, 1.82) is 0 Å². The average Bonchev–Trinajstić information content (AvgIpc) is 2.62. The van der Waals surface area contributed by atoms with E-state index in [4.69, 9.17) is 0 Å². The monoisotopic (exact) mass is 381 g/mol. The fraction of sp³-hybridized carbons (Fsp3) is 0.318. The Morgan fingerprint density at radius 1 is 0.857 bits per heavy atom. The number of benzene rings is 2. The van der Waals surface area contributed by atoms with Crippen LogP contribution in [0.25, 0.3) is 0 Å². The predicted molar refractivity (Wildman–Crippen MR) is 111 cm³/mol. The molecule has 0 saturated heterocycles. The third kappa shape index (κ3) is 5.19. The van der Waals surface area contributed by atoms with Gasteiger partial charge in [0.2, 0.25) is 11.8 Å². The van der Waals surface area contributed by atoms with Crippen molar-refractivity contribution in [3.05, 3.63) is 59.2 Å². The van der Waals surface area contributed by atoms with Crippen LogP contribution in [-0.4, -0.2) is 23.8 Å². The van der Waals surface area contributed by atoms with Gasteiger partial charge in [-0.1, -0.05) is 38.1 Å². The summed E-state index contributed by atoms with van der Waals surface area (Å²) in [6.07, 6.45) is 0. The van der Waals surface area contributed by atoms with E-state index in [9.17, 15) is 14.4 Å². The van der Waals surface area contributed by atoms with Crippen molar-refractivity contribution < 1.29 is 14.4 Å². The molecule has 0 aromatic heterocycles. The second-order valence-electron chi connectivity index (χ2n) is 7.16. The Kier molecular flexibility index (Phi) is 6.93. The Bertz CT molecular complexity index is 890. The average molecular weight is 381 g/mol. The normalized spacial score (nSPS) is 11.6. The SMILES string of the molecule is CC(=O)Nc1cccc(NC(=O)C(NC(=O)c2ccccc2C)C(C)C)c1C. The van der Waals surface area contributed by atoms with Crippen LogP contribution in [0.4, 0.5) is 11.4 Å². The Labute approximate surface area is 165 Å². The number of anilines is 2. The summed E-state index contributed by atoms with van der Waals surface area (Å²) in [7, 11) is 0. The Hall–Kier alpha value is -3.15. The number of rotatable bonds is 6. The van der Waals surface area contributed by atoms with E-state index in [1.165, 1.54) is 6.92 Å².